The summed E-state index contributed by atoms with van der Waals surface area (Å²) < 4.78 is 24.6. The van der Waals surface area contributed by atoms with Crippen LogP contribution in [-0.2, 0) is 6.54 Å². The number of hydrogen-bond acceptors (Lipinski definition) is 2. The van der Waals surface area contributed by atoms with Crippen molar-refractivity contribution in [3.8, 4) is 0 Å². The standard InChI is InChI=1S/C11H15ClF2N2/c1-9-3-2-4-10(15-9)7-16(6-5-12)8-11(13)14/h2-4,11H,5-8H2,1H3. The second kappa shape index (κ2) is 6.76. The summed E-state index contributed by atoms with van der Waals surface area (Å²) in [5.74, 6) is 0.346. The molecule has 1 aromatic heterocycles. The van der Waals surface area contributed by atoms with Crippen molar-refractivity contribution in [1.82, 2.24) is 9.88 Å². The third kappa shape index (κ3) is 4.86. The largest absolute Gasteiger partial charge is 0.291 e. The second-order valence-electron chi connectivity index (χ2n) is 3.59. The van der Waals surface area contributed by atoms with Crippen LogP contribution < -0.4 is 0 Å². The zero-order chi connectivity index (χ0) is 12.0. The molecule has 0 amide bonds. The van der Waals surface area contributed by atoms with E-state index in [1.165, 1.54) is 0 Å². The van der Waals surface area contributed by atoms with Gasteiger partial charge in [0.15, 0.2) is 0 Å². The summed E-state index contributed by atoms with van der Waals surface area (Å²) in [6.07, 6.45) is -2.34. The molecule has 0 aromatic carbocycles. The average Bonchev–Trinajstić information content (AvgIpc) is 2.16. The van der Waals surface area contributed by atoms with Crippen molar-refractivity contribution in [3.05, 3.63) is 29.6 Å². The van der Waals surface area contributed by atoms with Crippen LogP contribution in [0.25, 0.3) is 0 Å². The highest BCUT2D eigenvalue weighted by molar-refractivity contribution is 6.18. The number of rotatable bonds is 6. The lowest BCUT2D eigenvalue weighted by molar-refractivity contribution is 0.0873. The highest BCUT2D eigenvalue weighted by Crippen LogP contribution is 2.06. The van der Waals surface area contributed by atoms with Gasteiger partial charge in [-0.2, -0.15) is 0 Å². The maximum Gasteiger partial charge on any atom is 0.251 e. The molecule has 2 nitrogen and oxygen atoms in total. The number of pyridine rings is 1. The molecule has 1 heterocycles. The molecule has 90 valence electrons. The molecule has 0 spiro atoms. The summed E-state index contributed by atoms with van der Waals surface area (Å²) in [5, 5.41) is 0. The molecular weight excluding hydrogens is 234 g/mol. The molecule has 0 aliphatic carbocycles. The van der Waals surface area contributed by atoms with Crippen molar-refractivity contribution in [2.45, 2.75) is 19.9 Å². The zero-order valence-electron chi connectivity index (χ0n) is 9.17. The van der Waals surface area contributed by atoms with Gasteiger partial charge in [0.2, 0.25) is 0 Å². The Morgan fingerprint density at radius 1 is 1.44 bits per heavy atom. The zero-order valence-corrected chi connectivity index (χ0v) is 9.92. The van der Waals surface area contributed by atoms with Gasteiger partial charge in [-0.25, -0.2) is 8.78 Å². The Balaban J connectivity index is 2.60. The number of nitrogens with zero attached hydrogens (tertiary/aromatic N) is 2. The Hall–Kier alpha value is -0.740. The molecule has 16 heavy (non-hydrogen) atoms. The summed E-state index contributed by atoms with van der Waals surface area (Å²) in [5.41, 5.74) is 1.69. The monoisotopic (exact) mass is 248 g/mol. The fourth-order valence-electron chi connectivity index (χ4n) is 1.47. The lowest BCUT2D eigenvalue weighted by Crippen LogP contribution is -2.30. The molecular formula is C11H15ClF2N2. The minimum atomic E-state index is -2.34. The molecule has 0 atom stereocenters. The lowest BCUT2D eigenvalue weighted by atomic mass is 10.3. The van der Waals surface area contributed by atoms with Crippen LogP contribution in [0, 0.1) is 6.92 Å². The van der Waals surface area contributed by atoms with Gasteiger partial charge in [0, 0.05) is 24.7 Å². The topological polar surface area (TPSA) is 16.1 Å². The van der Waals surface area contributed by atoms with Gasteiger partial charge >= 0.3 is 0 Å². The molecule has 0 aliphatic rings. The maximum atomic E-state index is 12.3. The number of aromatic nitrogens is 1. The van der Waals surface area contributed by atoms with Crippen LogP contribution in [0.3, 0.4) is 0 Å². The quantitative estimate of drug-likeness (QED) is 0.720. The SMILES string of the molecule is Cc1cccc(CN(CCCl)CC(F)F)n1. The van der Waals surface area contributed by atoms with E-state index in [1.807, 2.05) is 25.1 Å². The first kappa shape index (κ1) is 13.3. The number of aryl methyl sites for hydroxylation is 1. The Labute approximate surface area is 99.2 Å². The Morgan fingerprint density at radius 2 is 2.19 bits per heavy atom. The average molecular weight is 249 g/mol. The highest BCUT2D eigenvalue weighted by Gasteiger charge is 2.12. The van der Waals surface area contributed by atoms with E-state index in [0.29, 0.717) is 19.0 Å². The van der Waals surface area contributed by atoms with Crippen molar-refractivity contribution >= 4 is 11.6 Å². The fraction of sp³-hybridized carbons (Fsp3) is 0.545. The summed E-state index contributed by atoms with van der Waals surface area (Å²) in [6, 6.07) is 5.58. The Kier molecular flexibility index (Phi) is 5.63. The van der Waals surface area contributed by atoms with Crippen LogP contribution in [0.15, 0.2) is 18.2 Å². The first-order chi connectivity index (χ1) is 7.61. The first-order valence-electron chi connectivity index (χ1n) is 5.11. The normalized spacial score (nSPS) is 11.4. The van der Waals surface area contributed by atoms with Crippen molar-refractivity contribution in [1.29, 1.82) is 0 Å². The smallest absolute Gasteiger partial charge is 0.251 e. The molecule has 0 aliphatic heterocycles. The van der Waals surface area contributed by atoms with Crippen molar-refractivity contribution in [2.24, 2.45) is 0 Å². The molecule has 0 fully saturated rings. The van der Waals surface area contributed by atoms with E-state index in [0.717, 1.165) is 11.4 Å². The molecule has 0 unspecified atom stereocenters. The van der Waals surface area contributed by atoms with E-state index in [1.54, 1.807) is 4.90 Å². The predicted molar refractivity (Wildman–Crippen MR) is 61.0 cm³/mol. The summed E-state index contributed by atoms with van der Waals surface area (Å²) in [7, 11) is 0. The van der Waals surface area contributed by atoms with Gasteiger partial charge in [-0.05, 0) is 19.1 Å². The molecule has 1 aromatic rings. The van der Waals surface area contributed by atoms with Crippen LogP contribution in [0.2, 0.25) is 0 Å². The summed E-state index contributed by atoms with van der Waals surface area (Å²) in [6.45, 7) is 2.48. The molecule has 0 N–H and O–H groups in total. The predicted octanol–water partition coefficient (Wildman–Crippen LogP) is 2.70. The summed E-state index contributed by atoms with van der Waals surface area (Å²) >= 11 is 5.57. The second-order valence-corrected chi connectivity index (χ2v) is 3.96. The molecule has 0 saturated heterocycles. The van der Waals surface area contributed by atoms with Crippen LogP contribution in [0.1, 0.15) is 11.4 Å². The van der Waals surface area contributed by atoms with Gasteiger partial charge in [-0.3, -0.25) is 9.88 Å². The van der Waals surface area contributed by atoms with Crippen molar-refractivity contribution in [2.75, 3.05) is 19.0 Å². The van der Waals surface area contributed by atoms with Gasteiger partial charge in [0.25, 0.3) is 6.43 Å². The van der Waals surface area contributed by atoms with Crippen LogP contribution in [0.4, 0.5) is 8.78 Å². The Morgan fingerprint density at radius 3 is 2.75 bits per heavy atom. The molecule has 0 radical (unpaired) electrons. The van der Waals surface area contributed by atoms with Gasteiger partial charge in [-0.1, -0.05) is 6.07 Å². The van der Waals surface area contributed by atoms with Crippen molar-refractivity contribution < 1.29 is 8.78 Å². The molecule has 0 saturated carbocycles. The molecule has 1 rings (SSSR count). The lowest BCUT2D eigenvalue weighted by Gasteiger charge is -2.20. The van der Waals surface area contributed by atoms with Gasteiger partial charge in [0.1, 0.15) is 0 Å². The number of alkyl halides is 3. The van der Waals surface area contributed by atoms with Gasteiger partial charge < -0.3 is 0 Å². The van der Waals surface area contributed by atoms with E-state index in [-0.39, 0.29) is 6.54 Å². The van der Waals surface area contributed by atoms with E-state index in [9.17, 15) is 8.78 Å². The van der Waals surface area contributed by atoms with E-state index in [4.69, 9.17) is 11.6 Å². The minimum absolute atomic E-state index is 0.262. The van der Waals surface area contributed by atoms with E-state index < -0.39 is 6.43 Å². The minimum Gasteiger partial charge on any atom is -0.291 e. The van der Waals surface area contributed by atoms with Crippen LogP contribution in [-0.4, -0.2) is 35.3 Å². The van der Waals surface area contributed by atoms with Gasteiger partial charge in [0.05, 0.1) is 12.2 Å². The van der Waals surface area contributed by atoms with Crippen molar-refractivity contribution in [3.63, 3.8) is 0 Å². The maximum absolute atomic E-state index is 12.3. The number of hydrogen-bond donors (Lipinski definition) is 0. The van der Waals surface area contributed by atoms with Crippen LogP contribution in [0.5, 0.6) is 0 Å². The summed E-state index contributed by atoms with van der Waals surface area (Å²) in [4.78, 5) is 5.88. The highest BCUT2D eigenvalue weighted by atomic mass is 35.5. The Bertz CT molecular complexity index is 321. The van der Waals surface area contributed by atoms with E-state index in [2.05, 4.69) is 4.98 Å². The van der Waals surface area contributed by atoms with E-state index >= 15 is 0 Å². The third-order valence-corrected chi connectivity index (χ3v) is 2.30. The molecule has 5 heteroatoms. The molecule has 0 bridgehead atoms. The van der Waals surface area contributed by atoms with Gasteiger partial charge in [-0.15, -0.1) is 11.6 Å². The third-order valence-electron chi connectivity index (χ3n) is 2.13. The van der Waals surface area contributed by atoms with Crippen LogP contribution >= 0.6 is 11.6 Å². The fourth-order valence-corrected chi connectivity index (χ4v) is 1.71. The first-order valence-corrected chi connectivity index (χ1v) is 5.64. The number of halogens is 3.